The number of benzene rings is 1. The van der Waals surface area contributed by atoms with Crippen molar-refractivity contribution < 1.29 is 86.5 Å². The van der Waals surface area contributed by atoms with Crippen LogP contribution in [0.2, 0.25) is 0 Å². The first-order valence-electron chi connectivity index (χ1n) is 48.1. The van der Waals surface area contributed by atoms with E-state index in [0.29, 0.717) is 171 Å². The zero-order valence-corrected chi connectivity index (χ0v) is 79.7. The van der Waals surface area contributed by atoms with Gasteiger partial charge in [0.1, 0.15) is 41.9 Å². The molecule has 0 unspecified atom stereocenters. The fourth-order valence-electron chi connectivity index (χ4n) is 19.9. The van der Waals surface area contributed by atoms with Crippen molar-refractivity contribution >= 4 is 81.7 Å². The lowest BCUT2D eigenvalue weighted by Crippen LogP contribution is -2.61. The molecule has 11 heterocycles. The quantitative estimate of drug-likeness (QED) is 0.0208. The summed E-state index contributed by atoms with van der Waals surface area (Å²) < 4.78 is 49.9. The summed E-state index contributed by atoms with van der Waals surface area (Å²) in [5.41, 5.74) is 17.0. The van der Waals surface area contributed by atoms with E-state index in [1.165, 1.54) is 17.6 Å². The van der Waals surface area contributed by atoms with E-state index >= 15 is 0 Å². The van der Waals surface area contributed by atoms with E-state index in [9.17, 15) is 48.6 Å². The van der Waals surface area contributed by atoms with Crippen molar-refractivity contribution in [2.45, 2.75) is 225 Å². The number of cyclic esters (lactones) is 1. The van der Waals surface area contributed by atoms with Crippen molar-refractivity contribution in [3.05, 3.63) is 154 Å². The highest BCUT2D eigenvalue weighted by molar-refractivity contribution is 6.39. The van der Waals surface area contributed by atoms with Crippen molar-refractivity contribution in [2.75, 3.05) is 135 Å². The van der Waals surface area contributed by atoms with E-state index < -0.39 is 102 Å². The number of anilines is 3. The summed E-state index contributed by atoms with van der Waals surface area (Å²) in [4.78, 5) is 148. The second kappa shape index (κ2) is 46.8. The summed E-state index contributed by atoms with van der Waals surface area (Å²) in [5, 5.41) is 38.2. The molecular formula is C101H134N16O18. The number of nitrogen functional groups attached to an aromatic ring is 1. The molecule has 1 aromatic carbocycles. The highest BCUT2D eigenvalue weighted by Gasteiger charge is 2.54. The number of rotatable bonds is 25. The number of amides is 3. The van der Waals surface area contributed by atoms with Gasteiger partial charge in [-0.25, -0.2) is 29.4 Å². The lowest BCUT2D eigenvalue weighted by atomic mass is 9.78. The maximum Gasteiger partial charge on any atom is 0.329 e. The molecule has 15 atom stereocenters. The number of piperidine rings is 1. The Bertz CT molecular complexity index is 5300. The SMILES string of the molecule is CO[C@H]1C[C@@H]2CC[C@@H](C)[C@@](O)(O2)C(=O)C(=O)N2CCCC[C@H]2C(=O)O[C@H]([C@H](C)C[C@@H]2CC[C@@H](OC(=O)CCc3cnc(N4CCN(C(=O)CCOCCOCCN5CCN(c6ncc(C(=O)N7CCc8cc(Cn9nc(-c%10cnc%11c(c%10)C=CC%11)c%10c(N)cnnc%109)ccc8C7)cn6)CC5)CC4)nc3)[C@H](OC)C2)CC(=O)[C@H](C)/C=C(\C)[C@@H](O)[C@@H](OC)C(=O)[C@H](C)C[C@H](C)/C=C/C=C/C=C/1C. The molecule has 5 aromatic heterocycles. The van der Waals surface area contributed by atoms with E-state index in [2.05, 4.69) is 81.3 Å². The number of ether oxygens (including phenoxy) is 8. The Morgan fingerprint density at radius 3 is 2.19 bits per heavy atom. The van der Waals surface area contributed by atoms with Gasteiger partial charge in [-0.3, -0.25) is 43.4 Å². The minimum atomic E-state index is -2.49. The topological polar surface area (TPSA) is 404 Å². The van der Waals surface area contributed by atoms with Gasteiger partial charge in [0.2, 0.25) is 23.6 Å². The Morgan fingerprint density at radius 2 is 1.45 bits per heavy atom. The fourth-order valence-corrected chi connectivity index (χ4v) is 19.9. The first-order chi connectivity index (χ1) is 65.1. The molecule has 2 bridgehead atoms. The molecule has 2 aliphatic carbocycles. The summed E-state index contributed by atoms with van der Waals surface area (Å²) in [5.74, 6) is -8.07. The molecule has 4 saturated heterocycles. The molecule has 4 N–H and O–H groups in total. The normalized spacial score (nSPS) is 27.8. The van der Waals surface area contributed by atoms with Gasteiger partial charge in [0, 0.05) is 180 Å². The Balaban J connectivity index is 0.481. The molecule has 726 valence electrons. The number of nitrogens with zero attached hydrogens (tertiary/aromatic N) is 15. The van der Waals surface area contributed by atoms with Gasteiger partial charge >= 0.3 is 11.9 Å². The van der Waals surface area contributed by atoms with Crippen molar-refractivity contribution in [1.29, 1.82) is 0 Å². The summed E-state index contributed by atoms with van der Waals surface area (Å²) in [7, 11) is 4.52. The van der Waals surface area contributed by atoms with Crippen LogP contribution in [0.3, 0.4) is 0 Å². The van der Waals surface area contributed by atoms with E-state index in [1.807, 2.05) is 76.7 Å². The number of carbonyl (C=O) groups is 8. The molecule has 135 heavy (non-hydrogen) atoms. The average Bonchev–Trinajstić information content (AvgIpc) is 1.57. The molecule has 14 rings (SSSR count). The lowest BCUT2D eigenvalue weighted by Gasteiger charge is -2.42. The number of hydrogen-bond donors (Lipinski definition) is 3. The molecule has 34 heteroatoms. The summed E-state index contributed by atoms with van der Waals surface area (Å²) in [6, 6.07) is 7.23. The fraction of sp³-hybridized carbons (Fsp3) is 0.584. The third kappa shape index (κ3) is 25.2. The number of fused-ring (bicyclic) bond motifs is 6. The number of piperazine rings is 2. The van der Waals surface area contributed by atoms with Crippen molar-refractivity contribution in [2.24, 2.45) is 35.5 Å². The number of methoxy groups -OCH3 is 3. The van der Waals surface area contributed by atoms with Crippen LogP contribution in [0.1, 0.15) is 182 Å². The third-order valence-electron chi connectivity index (χ3n) is 28.2. The molecule has 34 nitrogen and oxygen atoms in total. The first kappa shape index (κ1) is 100. The summed E-state index contributed by atoms with van der Waals surface area (Å²) >= 11 is 0. The number of Topliss-reactive ketones (excluding diaryl/α,β-unsaturated/α-hetero) is 3. The molecule has 3 amide bonds. The Morgan fingerprint density at radius 1 is 0.711 bits per heavy atom. The van der Waals surface area contributed by atoms with Gasteiger partial charge in [-0.15, -0.1) is 5.10 Å². The van der Waals surface area contributed by atoms with Crippen LogP contribution < -0.4 is 15.5 Å². The number of pyridine rings is 1. The number of esters is 2. The van der Waals surface area contributed by atoms with Crippen molar-refractivity contribution in [1.82, 2.24) is 64.5 Å². The number of carbonyl (C=O) groups excluding carboxylic acids is 8. The van der Waals surface area contributed by atoms with Crippen molar-refractivity contribution in [3.63, 3.8) is 0 Å². The molecule has 5 fully saturated rings. The van der Waals surface area contributed by atoms with Crippen LogP contribution in [0.25, 0.3) is 28.4 Å². The summed E-state index contributed by atoms with van der Waals surface area (Å²) in [6.45, 7) is 21.7. The largest absolute Gasteiger partial charge is 0.460 e. The number of ketones is 3. The molecule has 0 radical (unpaired) electrons. The Kier molecular flexibility index (Phi) is 34.7. The molecule has 0 spiro atoms. The second-order valence-electron chi connectivity index (χ2n) is 37.8. The highest BCUT2D eigenvalue weighted by Crippen LogP contribution is 2.41. The van der Waals surface area contributed by atoms with E-state index in [4.69, 9.17) is 48.7 Å². The van der Waals surface area contributed by atoms with Crippen molar-refractivity contribution in [3.8, 4) is 11.3 Å². The number of allylic oxidation sites excluding steroid dienone is 7. The lowest BCUT2D eigenvalue weighted by molar-refractivity contribution is -0.265. The van der Waals surface area contributed by atoms with E-state index in [1.54, 1.807) is 79.0 Å². The van der Waals surface area contributed by atoms with Crippen LogP contribution in [0.5, 0.6) is 0 Å². The molecule has 6 aromatic rings. The maximum absolute atomic E-state index is 14.8. The van der Waals surface area contributed by atoms with Crippen LogP contribution in [-0.2, 0) is 104 Å². The number of hydrogen-bond acceptors (Lipinski definition) is 30. The maximum atomic E-state index is 14.8. The molecule has 6 aliphatic heterocycles. The summed E-state index contributed by atoms with van der Waals surface area (Å²) in [6.07, 6.45) is 26.4. The van der Waals surface area contributed by atoms with Gasteiger partial charge in [-0.2, -0.15) is 10.2 Å². The monoisotopic (exact) mass is 1860 g/mol. The van der Waals surface area contributed by atoms with Crippen LogP contribution in [-0.4, -0.2) is 296 Å². The Hall–Kier alpha value is -10.8. The van der Waals surface area contributed by atoms with Crippen LogP contribution in [0, 0.1) is 35.5 Å². The predicted octanol–water partition coefficient (Wildman–Crippen LogP) is 9.44. The van der Waals surface area contributed by atoms with Gasteiger partial charge < -0.3 is 78.3 Å². The minimum absolute atomic E-state index is 0.00919. The van der Waals surface area contributed by atoms with Gasteiger partial charge in [-0.05, 0) is 154 Å². The first-order valence-corrected chi connectivity index (χ1v) is 48.1. The highest BCUT2D eigenvalue weighted by atomic mass is 16.6. The number of aliphatic hydroxyl groups excluding tert-OH is 1. The second-order valence-corrected chi connectivity index (χ2v) is 37.8. The van der Waals surface area contributed by atoms with Gasteiger partial charge in [0.25, 0.3) is 17.6 Å². The zero-order chi connectivity index (χ0) is 95.6. The van der Waals surface area contributed by atoms with Gasteiger partial charge in [0.15, 0.2) is 11.4 Å². The zero-order valence-electron chi connectivity index (χ0n) is 79.7. The van der Waals surface area contributed by atoms with E-state index in [-0.39, 0.29) is 80.5 Å². The number of nitrogens with two attached hydrogens (primary N) is 1. The van der Waals surface area contributed by atoms with Gasteiger partial charge in [-0.1, -0.05) is 101 Å². The molecule has 1 saturated carbocycles. The van der Waals surface area contributed by atoms with Gasteiger partial charge in [0.05, 0.1) is 86.2 Å². The minimum Gasteiger partial charge on any atom is -0.460 e. The average molecular weight is 1860 g/mol. The van der Waals surface area contributed by atoms with Crippen LogP contribution in [0.4, 0.5) is 17.6 Å². The van der Waals surface area contributed by atoms with Crippen LogP contribution >= 0.6 is 0 Å². The smallest absolute Gasteiger partial charge is 0.329 e. The molecular weight excluding hydrogens is 1730 g/mol. The predicted molar refractivity (Wildman–Crippen MR) is 505 cm³/mol. The third-order valence-corrected chi connectivity index (χ3v) is 28.2. The number of aryl methyl sites for hydroxylation is 1. The molecule has 8 aliphatic rings. The Labute approximate surface area is 790 Å². The van der Waals surface area contributed by atoms with E-state index in [0.717, 1.165) is 89.3 Å². The number of aliphatic hydroxyl groups is 2. The standard InChI is InChI=1S/C101H134N16O18/c1-63-17-12-11-13-18-64(2)84(128-8)53-78-27-22-69(7)101(127,135-78)94(123)97(125)116-32-15-14-21-81(116)98(126)134-85(54-82(118)65(3)48-68(6)92(122)93(130-10)91(121)67(5)47-63)66(4)49-70-24-28-83(86(51-70)129-9)133-88(120)29-25-72-55-104-99(105-56-72)114-40-38-112(39-41-114)87(119)31-43-131-45-46-132-44-42-111-34-36-113(37-35-111)100-106-58-77(59-107-100)96(124)115-33-30-73-50-71(23-26-75(73)62-115)61-117-95-89(79(102)60-108-109-95)90(110-117)76-52-74-19-16-20-80(74)103-57-76/h11-13,16-19,23,26,48,50,52,55-60,63,65-67,69-70,78,81,83-86,92-93,122,127H,14-15,20-22,24-25,27-47,49,51,53-54,61-62H2,1-10H3,(H2,102,109)/b13-11+,17-12+,64-18+,68-48+/t63-,65-,66-,67-,69-,70+,78+,81+,83-,84+,85+,86-,92-,93+,101-/m1/s1. The number of aromatic nitrogens is 9. The van der Waals surface area contributed by atoms with Crippen LogP contribution in [0.15, 0.2) is 115 Å².